The fourth-order valence-electron chi connectivity index (χ4n) is 3.90. The van der Waals surface area contributed by atoms with Gasteiger partial charge in [0.05, 0.1) is 0 Å². The van der Waals surface area contributed by atoms with Gasteiger partial charge in [-0.15, -0.1) is 0 Å². The largest absolute Gasteiger partial charge is 0.310 e. The van der Waals surface area contributed by atoms with E-state index in [-0.39, 0.29) is 0 Å². The summed E-state index contributed by atoms with van der Waals surface area (Å²) in [5.41, 5.74) is 3.14. The van der Waals surface area contributed by atoms with Gasteiger partial charge in [0.1, 0.15) is 0 Å². The van der Waals surface area contributed by atoms with Crippen molar-refractivity contribution in [3.63, 3.8) is 0 Å². The third-order valence-corrected chi connectivity index (χ3v) is 5.04. The van der Waals surface area contributed by atoms with E-state index in [1.807, 2.05) is 0 Å². The van der Waals surface area contributed by atoms with Crippen LogP contribution in [0, 0.1) is 5.92 Å². The number of hydrogen-bond donors (Lipinski definition) is 1. The van der Waals surface area contributed by atoms with E-state index in [1.165, 1.54) is 64.3 Å². The average Bonchev–Trinajstić information content (AvgIpc) is 2.49. The molecule has 1 fully saturated rings. The zero-order valence-corrected chi connectivity index (χ0v) is 12.0. The molecule has 1 atom stereocenters. The van der Waals surface area contributed by atoms with Gasteiger partial charge in [-0.3, -0.25) is 0 Å². The quantitative estimate of drug-likeness (QED) is 0.829. The fraction of sp³-hybridized carbons (Fsp3) is 0.667. The van der Waals surface area contributed by atoms with Gasteiger partial charge >= 0.3 is 0 Å². The van der Waals surface area contributed by atoms with Gasteiger partial charge in [0.25, 0.3) is 0 Å². The topological polar surface area (TPSA) is 12.0 Å². The minimum atomic E-state index is 0.619. The lowest BCUT2D eigenvalue weighted by Crippen LogP contribution is -2.27. The molecule has 1 aromatic carbocycles. The van der Waals surface area contributed by atoms with Crippen LogP contribution < -0.4 is 5.32 Å². The first-order valence-corrected chi connectivity index (χ1v) is 8.24. The standard InChI is InChI=1S/C18H27N/c1-2-7-15(8-3-1)13-14-19-18-12-6-10-16-9-4-5-11-17(16)18/h4-5,9,11,15,18-19H,1-3,6-8,10,12-14H2. The Morgan fingerprint density at radius 1 is 0.947 bits per heavy atom. The highest BCUT2D eigenvalue weighted by Crippen LogP contribution is 2.30. The van der Waals surface area contributed by atoms with Crippen molar-refractivity contribution in [2.75, 3.05) is 6.54 Å². The summed E-state index contributed by atoms with van der Waals surface area (Å²) in [5, 5.41) is 3.83. The van der Waals surface area contributed by atoms with Gasteiger partial charge in [-0.25, -0.2) is 0 Å². The molecule has 2 aliphatic rings. The maximum absolute atomic E-state index is 3.83. The number of benzene rings is 1. The molecule has 0 amide bonds. The third kappa shape index (κ3) is 3.39. The van der Waals surface area contributed by atoms with E-state index >= 15 is 0 Å². The second kappa shape index (κ2) is 6.56. The Morgan fingerprint density at radius 3 is 2.68 bits per heavy atom. The van der Waals surface area contributed by atoms with Crippen molar-refractivity contribution in [3.8, 4) is 0 Å². The second-order valence-corrected chi connectivity index (χ2v) is 6.39. The number of aryl methyl sites for hydroxylation is 1. The molecule has 1 N–H and O–H groups in total. The summed E-state index contributed by atoms with van der Waals surface area (Å²) in [6.45, 7) is 1.21. The maximum Gasteiger partial charge on any atom is 0.0323 e. The molecular formula is C18H27N. The zero-order valence-electron chi connectivity index (χ0n) is 12.0. The van der Waals surface area contributed by atoms with Crippen LogP contribution in [0.4, 0.5) is 0 Å². The Kier molecular flexibility index (Phi) is 4.55. The fourth-order valence-corrected chi connectivity index (χ4v) is 3.90. The normalized spacial score (nSPS) is 24.1. The Morgan fingerprint density at radius 2 is 1.79 bits per heavy atom. The molecule has 0 aliphatic heterocycles. The monoisotopic (exact) mass is 257 g/mol. The Bertz CT molecular complexity index is 392. The molecule has 1 saturated carbocycles. The summed E-state index contributed by atoms with van der Waals surface area (Å²) in [4.78, 5) is 0. The van der Waals surface area contributed by atoms with E-state index in [0.717, 1.165) is 5.92 Å². The van der Waals surface area contributed by atoms with Crippen LogP contribution >= 0.6 is 0 Å². The molecule has 2 aliphatic carbocycles. The molecule has 0 aromatic heterocycles. The van der Waals surface area contributed by atoms with Gasteiger partial charge in [0.2, 0.25) is 0 Å². The summed E-state index contributed by atoms with van der Waals surface area (Å²) in [6.07, 6.45) is 12.7. The van der Waals surface area contributed by atoms with Gasteiger partial charge in [-0.05, 0) is 49.3 Å². The number of fused-ring (bicyclic) bond motifs is 1. The first-order chi connectivity index (χ1) is 9.43. The molecule has 3 rings (SSSR count). The summed E-state index contributed by atoms with van der Waals surface area (Å²) in [6, 6.07) is 9.63. The van der Waals surface area contributed by atoms with Crippen LogP contribution in [0.2, 0.25) is 0 Å². The number of hydrogen-bond acceptors (Lipinski definition) is 1. The number of nitrogens with one attached hydrogen (secondary N) is 1. The molecule has 19 heavy (non-hydrogen) atoms. The molecule has 0 saturated heterocycles. The Hall–Kier alpha value is -0.820. The van der Waals surface area contributed by atoms with E-state index in [1.54, 1.807) is 11.1 Å². The molecular weight excluding hydrogens is 230 g/mol. The number of rotatable bonds is 4. The summed E-state index contributed by atoms with van der Waals surface area (Å²) < 4.78 is 0. The highest BCUT2D eigenvalue weighted by molar-refractivity contribution is 5.32. The molecule has 0 radical (unpaired) electrons. The van der Waals surface area contributed by atoms with Crippen LogP contribution in [0.3, 0.4) is 0 Å². The molecule has 1 nitrogen and oxygen atoms in total. The van der Waals surface area contributed by atoms with Crippen LogP contribution in [0.1, 0.15) is 68.5 Å². The van der Waals surface area contributed by atoms with Crippen molar-refractivity contribution in [1.82, 2.24) is 5.32 Å². The summed E-state index contributed by atoms with van der Waals surface area (Å²) in [5.74, 6) is 1.00. The zero-order chi connectivity index (χ0) is 12.9. The average molecular weight is 257 g/mol. The molecule has 0 bridgehead atoms. The van der Waals surface area contributed by atoms with Gasteiger partial charge < -0.3 is 5.32 Å². The second-order valence-electron chi connectivity index (χ2n) is 6.39. The van der Waals surface area contributed by atoms with Crippen LogP contribution in [-0.4, -0.2) is 6.54 Å². The van der Waals surface area contributed by atoms with E-state index in [2.05, 4.69) is 29.6 Å². The van der Waals surface area contributed by atoms with E-state index < -0.39 is 0 Å². The van der Waals surface area contributed by atoms with E-state index in [0.29, 0.717) is 6.04 Å². The summed E-state index contributed by atoms with van der Waals surface area (Å²) in [7, 11) is 0. The van der Waals surface area contributed by atoms with Crippen molar-refractivity contribution in [3.05, 3.63) is 35.4 Å². The van der Waals surface area contributed by atoms with E-state index in [9.17, 15) is 0 Å². The van der Waals surface area contributed by atoms with Crippen LogP contribution in [0.25, 0.3) is 0 Å². The Balaban J connectivity index is 1.50. The molecule has 1 unspecified atom stereocenters. The first-order valence-electron chi connectivity index (χ1n) is 8.24. The minimum absolute atomic E-state index is 0.619. The predicted octanol–water partition coefficient (Wildman–Crippen LogP) is 4.62. The van der Waals surface area contributed by atoms with Crippen LogP contribution in [-0.2, 0) is 6.42 Å². The molecule has 0 heterocycles. The SMILES string of the molecule is c1ccc2c(c1)CCCC2NCCC1CCCCC1. The van der Waals surface area contributed by atoms with E-state index in [4.69, 9.17) is 0 Å². The van der Waals surface area contributed by atoms with Gasteiger partial charge in [0.15, 0.2) is 0 Å². The lowest BCUT2D eigenvalue weighted by Gasteiger charge is -2.28. The van der Waals surface area contributed by atoms with Crippen molar-refractivity contribution < 1.29 is 0 Å². The van der Waals surface area contributed by atoms with Crippen molar-refractivity contribution >= 4 is 0 Å². The van der Waals surface area contributed by atoms with Gasteiger partial charge in [0, 0.05) is 6.04 Å². The first kappa shape index (κ1) is 13.2. The smallest absolute Gasteiger partial charge is 0.0323 e. The lowest BCUT2D eigenvalue weighted by atomic mass is 9.86. The predicted molar refractivity (Wildman–Crippen MR) is 81.3 cm³/mol. The third-order valence-electron chi connectivity index (χ3n) is 5.04. The van der Waals surface area contributed by atoms with Crippen molar-refractivity contribution in [2.24, 2.45) is 5.92 Å². The van der Waals surface area contributed by atoms with Crippen LogP contribution in [0.5, 0.6) is 0 Å². The van der Waals surface area contributed by atoms with Crippen molar-refractivity contribution in [1.29, 1.82) is 0 Å². The highest BCUT2D eigenvalue weighted by atomic mass is 14.9. The Labute approximate surface area is 117 Å². The lowest BCUT2D eigenvalue weighted by molar-refractivity contribution is 0.323. The summed E-state index contributed by atoms with van der Waals surface area (Å²) >= 11 is 0. The van der Waals surface area contributed by atoms with Gasteiger partial charge in [-0.2, -0.15) is 0 Å². The highest BCUT2D eigenvalue weighted by Gasteiger charge is 2.19. The minimum Gasteiger partial charge on any atom is -0.310 e. The van der Waals surface area contributed by atoms with Crippen molar-refractivity contribution in [2.45, 2.75) is 63.8 Å². The maximum atomic E-state index is 3.83. The van der Waals surface area contributed by atoms with Gasteiger partial charge in [-0.1, -0.05) is 56.4 Å². The van der Waals surface area contributed by atoms with Crippen LogP contribution in [0.15, 0.2) is 24.3 Å². The molecule has 0 spiro atoms. The molecule has 104 valence electrons. The molecule has 1 aromatic rings. The molecule has 1 heteroatoms.